The number of anilines is 1. The fourth-order valence-corrected chi connectivity index (χ4v) is 1.75. The minimum atomic E-state index is 0.411. The highest BCUT2D eigenvalue weighted by molar-refractivity contribution is 9.09. The second kappa shape index (κ2) is 4.09. The van der Waals surface area contributed by atoms with Crippen LogP contribution >= 0.6 is 15.9 Å². The molecule has 80 valence electrons. The highest BCUT2D eigenvalue weighted by atomic mass is 79.9. The number of rotatable bonds is 3. The average Bonchev–Trinajstić information content (AvgIpc) is 2.62. The highest BCUT2D eigenvalue weighted by Crippen LogP contribution is 2.10. The van der Waals surface area contributed by atoms with Gasteiger partial charge in [-0.15, -0.1) is 14.8 Å². The van der Waals surface area contributed by atoms with Gasteiger partial charge >= 0.3 is 0 Å². The van der Waals surface area contributed by atoms with Gasteiger partial charge in [0.15, 0.2) is 11.5 Å². The van der Waals surface area contributed by atoms with Gasteiger partial charge in [0.2, 0.25) is 0 Å². The van der Waals surface area contributed by atoms with Crippen molar-refractivity contribution in [1.29, 1.82) is 0 Å². The molecule has 0 bridgehead atoms. The molecule has 2 aromatic rings. The minimum Gasteiger partial charge on any atom is -0.357 e. The number of tetrazole rings is 1. The van der Waals surface area contributed by atoms with E-state index in [-0.39, 0.29) is 0 Å². The second-order valence-electron chi connectivity index (χ2n) is 3.38. The van der Waals surface area contributed by atoms with Crippen LogP contribution in [0.5, 0.6) is 0 Å². The van der Waals surface area contributed by atoms with Gasteiger partial charge in [-0.2, -0.15) is 0 Å². The summed E-state index contributed by atoms with van der Waals surface area (Å²) >= 11 is 3.50. The zero-order valence-corrected chi connectivity index (χ0v) is 10.1. The van der Waals surface area contributed by atoms with Crippen molar-refractivity contribution in [2.75, 3.05) is 18.5 Å². The maximum Gasteiger partial charge on any atom is 0.200 e. The van der Waals surface area contributed by atoms with Crippen LogP contribution < -0.4 is 4.90 Å². The number of aromatic nitrogens is 5. The summed E-state index contributed by atoms with van der Waals surface area (Å²) in [5.41, 5.74) is 0.652. The fourth-order valence-electron chi connectivity index (χ4n) is 1.31. The van der Waals surface area contributed by atoms with Crippen molar-refractivity contribution in [2.24, 2.45) is 0 Å². The Morgan fingerprint density at radius 2 is 2.33 bits per heavy atom. The Bertz CT molecular complexity index is 453. The molecule has 0 N–H and O–H groups in total. The first kappa shape index (κ1) is 10.3. The number of nitrogens with zero attached hydrogens (tertiary/aromatic N) is 6. The normalized spacial score (nSPS) is 13.0. The Kier molecular flexibility index (Phi) is 2.81. The quantitative estimate of drug-likeness (QED) is 0.770. The molecule has 0 aliphatic heterocycles. The molecule has 0 spiro atoms. The molecule has 0 aliphatic rings. The van der Waals surface area contributed by atoms with Crippen LogP contribution in [0, 0.1) is 0 Å². The summed E-state index contributed by atoms with van der Waals surface area (Å²) in [5.74, 6) is 0.848. The van der Waals surface area contributed by atoms with E-state index >= 15 is 0 Å². The lowest BCUT2D eigenvalue weighted by Gasteiger charge is -2.18. The van der Waals surface area contributed by atoms with E-state index < -0.39 is 0 Å². The van der Waals surface area contributed by atoms with Crippen LogP contribution in [0.3, 0.4) is 0 Å². The van der Waals surface area contributed by atoms with Crippen LogP contribution in [0.4, 0.5) is 5.82 Å². The molecule has 2 rings (SSSR count). The fraction of sp³-hybridized carbons (Fsp3) is 0.500. The number of hydrogen-bond donors (Lipinski definition) is 0. The topological polar surface area (TPSA) is 59.2 Å². The van der Waals surface area contributed by atoms with E-state index in [9.17, 15) is 0 Å². The molecular formula is C8H11BrN6. The first-order valence-electron chi connectivity index (χ1n) is 4.57. The lowest BCUT2D eigenvalue weighted by molar-refractivity contribution is 0.719. The Labute approximate surface area is 95.4 Å². The number of alkyl halides is 1. The molecule has 15 heavy (non-hydrogen) atoms. The average molecular weight is 271 g/mol. The van der Waals surface area contributed by atoms with Gasteiger partial charge in [-0.1, -0.05) is 22.9 Å². The maximum absolute atomic E-state index is 4.27. The Hall–Kier alpha value is -1.24. The third-order valence-electron chi connectivity index (χ3n) is 1.97. The van der Waals surface area contributed by atoms with Crippen molar-refractivity contribution in [3.05, 3.63) is 12.1 Å². The summed E-state index contributed by atoms with van der Waals surface area (Å²) in [6.45, 7) is 2.96. The zero-order valence-electron chi connectivity index (χ0n) is 8.50. The van der Waals surface area contributed by atoms with E-state index in [1.807, 2.05) is 24.1 Å². The van der Waals surface area contributed by atoms with Gasteiger partial charge in [-0.25, -0.2) is 0 Å². The van der Waals surface area contributed by atoms with E-state index in [0.717, 1.165) is 12.4 Å². The van der Waals surface area contributed by atoms with Crippen molar-refractivity contribution < 1.29 is 0 Å². The van der Waals surface area contributed by atoms with Gasteiger partial charge in [-0.3, -0.25) is 0 Å². The van der Waals surface area contributed by atoms with Gasteiger partial charge in [0.1, 0.15) is 0 Å². The molecule has 0 fully saturated rings. The largest absolute Gasteiger partial charge is 0.357 e. The zero-order chi connectivity index (χ0) is 10.8. The maximum atomic E-state index is 4.27. The van der Waals surface area contributed by atoms with Crippen LogP contribution in [0.15, 0.2) is 12.1 Å². The molecule has 0 saturated carbocycles. The molecule has 0 amide bonds. The predicted molar refractivity (Wildman–Crippen MR) is 60.2 cm³/mol. The molecule has 0 saturated heterocycles. The summed E-state index contributed by atoms with van der Waals surface area (Å²) in [5, 5.41) is 15.3. The van der Waals surface area contributed by atoms with Gasteiger partial charge in [0.25, 0.3) is 0 Å². The SMILES string of the molecule is CC(Br)CN(C)c1ccc2nnnn2n1. The first-order chi connectivity index (χ1) is 7.16. The summed E-state index contributed by atoms with van der Waals surface area (Å²) in [6.07, 6.45) is 0. The van der Waals surface area contributed by atoms with Crippen molar-refractivity contribution in [3.8, 4) is 0 Å². The van der Waals surface area contributed by atoms with Gasteiger partial charge in [0, 0.05) is 18.4 Å². The monoisotopic (exact) mass is 270 g/mol. The highest BCUT2D eigenvalue weighted by Gasteiger charge is 2.07. The van der Waals surface area contributed by atoms with Crippen molar-refractivity contribution in [2.45, 2.75) is 11.8 Å². The van der Waals surface area contributed by atoms with Crippen molar-refractivity contribution in [3.63, 3.8) is 0 Å². The lowest BCUT2D eigenvalue weighted by Crippen LogP contribution is -2.25. The Morgan fingerprint density at radius 3 is 3.07 bits per heavy atom. The van der Waals surface area contributed by atoms with Crippen LogP contribution in [-0.2, 0) is 0 Å². The third-order valence-corrected chi connectivity index (χ3v) is 2.26. The van der Waals surface area contributed by atoms with Crippen LogP contribution in [0.1, 0.15) is 6.92 Å². The first-order valence-corrected chi connectivity index (χ1v) is 5.49. The molecule has 1 unspecified atom stereocenters. The molecule has 0 aromatic carbocycles. The molecule has 0 radical (unpaired) electrons. The van der Waals surface area contributed by atoms with Gasteiger partial charge in [-0.05, 0) is 22.6 Å². The lowest BCUT2D eigenvalue weighted by atomic mass is 10.4. The number of halogens is 1. The molecule has 7 heteroatoms. The molecule has 1 atom stereocenters. The summed E-state index contributed by atoms with van der Waals surface area (Å²) in [6, 6.07) is 3.75. The Balaban J connectivity index is 2.27. The Morgan fingerprint density at radius 1 is 1.53 bits per heavy atom. The minimum absolute atomic E-state index is 0.411. The van der Waals surface area contributed by atoms with E-state index in [1.165, 1.54) is 4.63 Å². The third kappa shape index (κ3) is 2.23. The molecule has 2 heterocycles. The van der Waals surface area contributed by atoms with E-state index in [2.05, 4.69) is 43.5 Å². The van der Waals surface area contributed by atoms with E-state index in [0.29, 0.717) is 10.5 Å². The van der Waals surface area contributed by atoms with Gasteiger partial charge in [0.05, 0.1) is 0 Å². The van der Waals surface area contributed by atoms with Crippen molar-refractivity contribution in [1.82, 2.24) is 25.3 Å². The summed E-state index contributed by atoms with van der Waals surface area (Å²) in [7, 11) is 1.98. The van der Waals surface area contributed by atoms with Crippen LogP contribution in [0.2, 0.25) is 0 Å². The molecular weight excluding hydrogens is 260 g/mol. The smallest absolute Gasteiger partial charge is 0.200 e. The number of fused-ring (bicyclic) bond motifs is 1. The van der Waals surface area contributed by atoms with E-state index in [4.69, 9.17) is 0 Å². The van der Waals surface area contributed by atoms with Gasteiger partial charge < -0.3 is 4.90 Å². The number of hydrogen-bond acceptors (Lipinski definition) is 5. The van der Waals surface area contributed by atoms with Crippen LogP contribution in [0.25, 0.3) is 5.65 Å². The second-order valence-corrected chi connectivity index (χ2v) is 4.94. The molecule has 0 aliphatic carbocycles. The van der Waals surface area contributed by atoms with Crippen LogP contribution in [-0.4, -0.2) is 43.7 Å². The standard InChI is InChI=1S/C8H11BrN6/c1-6(9)5-14(2)8-4-3-7-10-12-13-15(7)11-8/h3-4,6H,5H2,1-2H3. The summed E-state index contributed by atoms with van der Waals surface area (Å²) < 4.78 is 1.42. The predicted octanol–water partition coefficient (Wildman–Crippen LogP) is 0.739. The van der Waals surface area contributed by atoms with Crippen molar-refractivity contribution >= 4 is 27.4 Å². The molecule has 2 aromatic heterocycles. The van der Waals surface area contributed by atoms with E-state index in [1.54, 1.807) is 0 Å². The molecule has 6 nitrogen and oxygen atoms in total. The summed E-state index contributed by atoms with van der Waals surface area (Å²) in [4.78, 5) is 2.45.